The number of hydrogen-bond donors (Lipinski definition) is 1. The van der Waals surface area contributed by atoms with Gasteiger partial charge in [-0.25, -0.2) is 0 Å². The lowest BCUT2D eigenvalue weighted by Crippen LogP contribution is -2.42. The fourth-order valence-corrected chi connectivity index (χ4v) is 2.82. The molecule has 1 aromatic rings. The van der Waals surface area contributed by atoms with Crippen molar-refractivity contribution in [1.82, 2.24) is 9.88 Å². The molecule has 18 heavy (non-hydrogen) atoms. The number of amides is 1. The van der Waals surface area contributed by atoms with Crippen LogP contribution in [-0.4, -0.2) is 40.1 Å². The van der Waals surface area contributed by atoms with E-state index in [4.69, 9.17) is 0 Å². The highest BCUT2D eigenvalue weighted by atomic mass is 79.9. The lowest BCUT2D eigenvalue weighted by Gasteiger charge is -2.28. The fourth-order valence-electron chi connectivity index (χ4n) is 2.45. The van der Waals surface area contributed by atoms with Gasteiger partial charge in [0.05, 0.1) is 11.2 Å². The van der Waals surface area contributed by atoms with Crippen molar-refractivity contribution < 1.29 is 9.90 Å². The minimum absolute atomic E-state index is 0.107. The Morgan fingerprint density at radius 2 is 2.17 bits per heavy atom. The standard InChI is InChI=1S/C13H17BrN2O2/c1-16(9-13(18)4-2-3-5-13)12(17)10-6-11(14)8-15-7-10/h6-8,18H,2-5,9H2,1H3. The maximum absolute atomic E-state index is 12.2. The van der Waals surface area contributed by atoms with Gasteiger partial charge in [0.1, 0.15) is 0 Å². The third-order valence-corrected chi connectivity index (χ3v) is 3.80. The summed E-state index contributed by atoms with van der Waals surface area (Å²) in [4.78, 5) is 17.7. The Morgan fingerprint density at radius 3 is 2.78 bits per heavy atom. The van der Waals surface area contributed by atoms with Gasteiger partial charge in [0.25, 0.3) is 5.91 Å². The van der Waals surface area contributed by atoms with E-state index in [-0.39, 0.29) is 5.91 Å². The predicted octanol–water partition coefficient (Wildman–Crippen LogP) is 2.22. The van der Waals surface area contributed by atoms with Gasteiger partial charge < -0.3 is 10.0 Å². The number of aromatic nitrogens is 1. The number of aliphatic hydroxyl groups is 1. The molecule has 2 rings (SSSR count). The van der Waals surface area contributed by atoms with Crippen molar-refractivity contribution in [2.24, 2.45) is 0 Å². The molecule has 0 aliphatic heterocycles. The summed E-state index contributed by atoms with van der Waals surface area (Å²) in [6.07, 6.45) is 6.82. The van der Waals surface area contributed by atoms with Crippen molar-refractivity contribution in [3.8, 4) is 0 Å². The molecule has 5 heteroatoms. The lowest BCUT2D eigenvalue weighted by molar-refractivity contribution is 0.0156. The van der Waals surface area contributed by atoms with Gasteiger partial charge in [0, 0.05) is 30.5 Å². The largest absolute Gasteiger partial charge is 0.388 e. The van der Waals surface area contributed by atoms with Crippen LogP contribution in [0.15, 0.2) is 22.9 Å². The van der Waals surface area contributed by atoms with Crippen LogP contribution in [0.25, 0.3) is 0 Å². The predicted molar refractivity (Wildman–Crippen MR) is 72.3 cm³/mol. The summed E-state index contributed by atoms with van der Waals surface area (Å²) in [5.74, 6) is -0.107. The lowest BCUT2D eigenvalue weighted by atomic mass is 10.0. The highest BCUT2D eigenvalue weighted by molar-refractivity contribution is 9.10. The molecule has 1 heterocycles. The molecule has 0 aromatic carbocycles. The summed E-state index contributed by atoms with van der Waals surface area (Å²) in [5, 5.41) is 10.3. The zero-order chi connectivity index (χ0) is 13.2. The van der Waals surface area contributed by atoms with E-state index in [0.29, 0.717) is 12.1 Å². The van der Waals surface area contributed by atoms with E-state index in [1.54, 1.807) is 30.4 Å². The Balaban J connectivity index is 2.04. The quantitative estimate of drug-likeness (QED) is 0.931. The first-order valence-electron chi connectivity index (χ1n) is 6.09. The first kappa shape index (κ1) is 13.5. The zero-order valence-electron chi connectivity index (χ0n) is 10.4. The smallest absolute Gasteiger partial charge is 0.255 e. The number of carbonyl (C=O) groups is 1. The summed E-state index contributed by atoms with van der Waals surface area (Å²) in [6, 6.07) is 1.74. The van der Waals surface area contributed by atoms with Crippen molar-refractivity contribution in [2.75, 3.05) is 13.6 Å². The molecule has 1 fully saturated rings. The van der Waals surface area contributed by atoms with Gasteiger partial charge >= 0.3 is 0 Å². The van der Waals surface area contributed by atoms with Crippen LogP contribution in [0.1, 0.15) is 36.0 Å². The molecule has 1 aliphatic carbocycles. The third kappa shape index (κ3) is 3.09. The van der Waals surface area contributed by atoms with Crippen molar-refractivity contribution in [2.45, 2.75) is 31.3 Å². The molecule has 0 saturated heterocycles. The van der Waals surface area contributed by atoms with E-state index in [1.807, 2.05) is 0 Å². The first-order chi connectivity index (χ1) is 8.50. The van der Waals surface area contributed by atoms with Gasteiger partial charge in [0.2, 0.25) is 0 Å². The SMILES string of the molecule is CN(CC1(O)CCCC1)C(=O)c1cncc(Br)c1. The molecule has 1 amide bonds. The number of likely N-dealkylation sites (N-methyl/N-ethyl adjacent to an activating group) is 1. The van der Waals surface area contributed by atoms with Crippen LogP contribution < -0.4 is 0 Å². The Bertz CT molecular complexity index is 444. The fraction of sp³-hybridized carbons (Fsp3) is 0.538. The molecule has 4 nitrogen and oxygen atoms in total. The molecule has 1 aromatic heterocycles. The van der Waals surface area contributed by atoms with Crippen LogP contribution in [-0.2, 0) is 0 Å². The highest BCUT2D eigenvalue weighted by Crippen LogP contribution is 2.30. The third-order valence-electron chi connectivity index (χ3n) is 3.36. The minimum atomic E-state index is -0.705. The Kier molecular flexibility index (Phi) is 4.02. The number of halogens is 1. The molecule has 0 radical (unpaired) electrons. The van der Waals surface area contributed by atoms with E-state index >= 15 is 0 Å². The molecular weight excluding hydrogens is 296 g/mol. The number of carbonyl (C=O) groups excluding carboxylic acids is 1. The maximum atomic E-state index is 12.2. The highest BCUT2D eigenvalue weighted by Gasteiger charge is 2.33. The van der Waals surface area contributed by atoms with Gasteiger partial charge in [-0.1, -0.05) is 12.8 Å². The van der Waals surface area contributed by atoms with Crippen molar-refractivity contribution in [3.63, 3.8) is 0 Å². The summed E-state index contributed by atoms with van der Waals surface area (Å²) in [6.45, 7) is 0.387. The molecule has 1 aliphatic rings. The summed E-state index contributed by atoms with van der Waals surface area (Å²) < 4.78 is 0.779. The molecule has 98 valence electrons. The number of hydrogen-bond acceptors (Lipinski definition) is 3. The van der Waals surface area contributed by atoms with Gasteiger partial charge in [-0.15, -0.1) is 0 Å². The molecule has 0 atom stereocenters. The Labute approximate surface area is 115 Å². The van der Waals surface area contributed by atoms with Gasteiger partial charge in [-0.3, -0.25) is 9.78 Å². The normalized spacial score (nSPS) is 17.7. The second kappa shape index (κ2) is 5.36. The topological polar surface area (TPSA) is 53.4 Å². The second-order valence-corrected chi connectivity index (χ2v) is 5.90. The van der Waals surface area contributed by atoms with Crippen LogP contribution >= 0.6 is 15.9 Å². The number of rotatable bonds is 3. The van der Waals surface area contributed by atoms with E-state index in [0.717, 1.165) is 30.2 Å². The van der Waals surface area contributed by atoms with Crippen LogP contribution in [0, 0.1) is 0 Å². The molecule has 1 saturated carbocycles. The molecule has 0 unspecified atom stereocenters. The first-order valence-corrected chi connectivity index (χ1v) is 6.88. The van der Waals surface area contributed by atoms with Crippen LogP contribution in [0.4, 0.5) is 0 Å². The summed E-state index contributed by atoms with van der Waals surface area (Å²) in [5.41, 5.74) is -0.169. The summed E-state index contributed by atoms with van der Waals surface area (Å²) >= 11 is 3.30. The number of nitrogens with zero attached hydrogens (tertiary/aromatic N) is 2. The van der Waals surface area contributed by atoms with Crippen molar-refractivity contribution >= 4 is 21.8 Å². The van der Waals surface area contributed by atoms with E-state index < -0.39 is 5.60 Å². The van der Waals surface area contributed by atoms with Gasteiger partial charge in [-0.2, -0.15) is 0 Å². The van der Waals surface area contributed by atoms with E-state index in [1.165, 1.54) is 0 Å². The van der Waals surface area contributed by atoms with Gasteiger partial charge in [0.15, 0.2) is 0 Å². The van der Waals surface area contributed by atoms with Crippen molar-refractivity contribution in [1.29, 1.82) is 0 Å². The second-order valence-electron chi connectivity index (χ2n) is 4.98. The average Bonchev–Trinajstić information content (AvgIpc) is 2.74. The van der Waals surface area contributed by atoms with Crippen molar-refractivity contribution in [3.05, 3.63) is 28.5 Å². The van der Waals surface area contributed by atoms with Gasteiger partial charge in [-0.05, 0) is 34.8 Å². The minimum Gasteiger partial charge on any atom is -0.388 e. The average molecular weight is 313 g/mol. The van der Waals surface area contributed by atoms with Crippen LogP contribution in [0.3, 0.4) is 0 Å². The monoisotopic (exact) mass is 312 g/mol. The summed E-state index contributed by atoms with van der Waals surface area (Å²) in [7, 11) is 1.72. The molecule has 0 bridgehead atoms. The van der Waals surface area contributed by atoms with Crippen LogP contribution in [0.2, 0.25) is 0 Å². The number of pyridine rings is 1. The maximum Gasteiger partial charge on any atom is 0.255 e. The molecule has 1 N–H and O–H groups in total. The van der Waals surface area contributed by atoms with E-state index in [2.05, 4.69) is 20.9 Å². The Hall–Kier alpha value is -0.940. The van der Waals surface area contributed by atoms with E-state index in [9.17, 15) is 9.90 Å². The molecular formula is C13H17BrN2O2. The Morgan fingerprint density at radius 1 is 1.50 bits per heavy atom. The zero-order valence-corrected chi connectivity index (χ0v) is 12.0. The van der Waals surface area contributed by atoms with Crippen LogP contribution in [0.5, 0.6) is 0 Å². The molecule has 0 spiro atoms.